The van der Waals surface area contributed by atoms with Gasteiger partial charge >= 0.3 is 6.18 Å². The van der Waals surface area contributed by atoms with Crippen LogP contribution in [0.25, 0.3) is 0 Å². The quantitative estimate of drug-likeness (QED) is 0.796. The third-order valence-electron chi connectivity index (χ3n) is 3.94. The number of amides is 1. The molecule has 5 heteroatoms. The van der Waals surface area contributed by atoms with Crippen LogP contribution in [0.5, 0.6) is 0 Å². The molecule has 1 atom stereocenters. The van der Waals surface area contributed by atoms with Gasteiger partial charge in [-0.25, -0.2) is 0 Å². The number of nitrogens with zero attached hydrogens (tertiary/aromatic N) is 1. The summed E-state index contributed by atoms with van der Waals surface area (Å²) < 4.78 is 37.6. The summed E-state index contributed by atoms with van der Waals surface area (Å²) in [6.45, 7) is 4.25. The largest absolute Gasteiger partial charge is 0.416 e. The van der Waals surface area contributed by atoms with Crippen LogP contribution >= 0.6 is 0 Å². The zero-order valence-electron chi connectivity index (χ0n) is 12.3. The maximum Gasteiger partial charge on any atom is 0.416 e. The van der Waals surface area contributed by atoms with E-state index in [1.54, 1.807) is 0 Å². The zero-order chi connectivity index (χ0) is 15.6. The topological polar surface area (TPSA) is 20.3 Å². The SMILES string of the molecule is CCC(C)C(=O)N(Cc1ccc(C(F)(F)F)cc1)C1CC1. The van der Waals surface area contributed by atoms with Crippen LogP contribution in [0.2, 0.25) is 0 Å². The molecule has 116 valence electrons. The minimum Gasteiger partial charge on any atom is -0.335 e. The minimum absolute atomic E-state index is 0.0416. The molecule has 1 unspecified atom stereocenters. The van der Waals surface area contributed by atoms with Gasteiger partial charge in [-0.3, -0.25) is 4.79 Å². The highest BCUT2D eigenvalue weighted by Gasteiger charge is 2.34. The lowest BCUT2D eigenvalue weighted by Gasteiger charge is -2.25. The summed E-state index contributed by atoms with van der Waals surface area (Å²) in [7, 11) is 0. The highest BCUT2D eigenvalue weighted by atomic mass is 19.4. The molecule has 0 bridgehead atoms. The Morgan fingerprint density at radius 1 is 1.29 bits per heavy atom. The van der Waals surface area contributed by atoms with Crippen LogP contribution in [0.1, 0.15) is 44.2 Å². The van der Waals surface area contributed by atoms with Gasteiger partial charge in [0, 0.05) is 18.5 Å². The predicted octanol–water partition coefficient (Wildman–Crippen LogP) is 4.24. The van der Waals surface area contributed by atoms with Gasteiger partial charge in [0.25, 0.3) is 0 Å². The van der Waals surface area contributed by atoms with Crippen LogP contribution in [-0.2, 0) is 17.5 Å². The highest BCUT2D eigenvalue weighted by Crippen LogP contribution is 2.32. The van der Waals surface area contributed by atoms with Crippen LogP contribution in [-0.4, -0.2) is 16.8 Å². The van der Waals surface area contributed by atoms with Gasteiger partial charge < -0.3 is 4.90 Å². The number of hydrogen-bond acceptors (Lipinski definition) is 1. The van der Waals surface area contributed by atoms with Crippen molar-refractivity contribution in [1.29, 1.82) is 0 Å². The van der Waals surface area contributed by atoms with Crippen molar-refractivity contribution in [3.63, 3.8) is 0 Å². The molecule has 1 aromatic carbocycles. The second-order valence-electron chi connectivity index (χ2n) is 5.70. The first-order valence-corrected chi connectivity index (χ1v) is 7.29. The molecule has 0 N–H and O–H groups in total. The lowest BCUT2D eigenvalue weighted by molar-refractivity contribution is -0.138. The number of alkyl halides is 3. The second kappa shape index (κ2) is 6.08. The van der Waals surface area contributed by atoms with Crippen LogP contribution in [0.15, 0.2) is 24.3 Å². The molecule has 0 aromatic heterocycles. The molecule has 0 radical (unpaired) electrons. The number of hydrogen-bond donors (Lipinski definition) is 0. The summed E-state index contributed by atoms with van der Waals surface area (Å²) >= 11 is 0. The number of carbonyl (C=O) groups excluding carboxylic acids is 1. The fourth-order valence-electron chi connectivity index (χ4n) is 2.23. The Morgan fingerprint density at radius 3 is 2.29 bits per heavy atom. The van der Waals surface area contributed by atoms with E-state index in [9.17, 15) is 18.0 Å². The molecule has 1 aromatic rings. The highest BCUT2D eigenvalue weighted by molar-refractivity contribution is 5.79. The number of rotatable bonds is 5. The van der Waals surface area contributed by atoms with E-state index in [1.165, 1.54) is 12.1 Å². The number of benzene rings is 1. The van der Waals surface area contributed by atoms with Crippen molar-refractivity contribution in [2.24, 2.45) is 5.92 Å². The molecule has 21 heavy (non-hydrogen) atoms. The first-order chi connectivity index (χ1) is 9.82. The standard InChI is InChI=1S/C16H20F3NO/c1-3-11(2)15(21)20(14-8-9-14)10-12-4-6-13(7-5-12)16(17,18)19/h4-7,11,14H,3,8-10H2,1-2H3. The molecule has 0 saturated heterocycles. The molecule has 2 nitrogen and oxygen atoms in total. The Morgan fingerprint density at radius 2 is 1.86 bits per heavy atom. The van der Waals surface area contributed by atoms with Crippen LogP contribution in [0.3, 0.4) is 0 Å². The van der Waals surface area contributed by atoms with Gasteiger partial charge in [-0.1, -0.05) is 26.0 Å². The third-order valence-corrected chi connectivity index (χ3v) is 3.94. The lowest BCUT2D eigenvalue weighted by atomic mass is 10.1. The van der Waals surface area contributed by atoms with Gasteiger partial charge in [-0.15, -0.1) is 0 Å². The molecule has 1 fully saturated rings. The monoisotopic (exact) mass is 299 g/mol. The second-order valence-corrected chi connectivity index (χ2v) is 5.70. The third kappa shape index (κ3) is 3.99. The van der Waals surface area contributed by atoms with Crippen molar-refractivity contribution < 1.29 is 18.0 Å². The normalized spacial score (nSPS) is 16.6. The Labute approximate surface area is 122 Å². The Bertz CT molecular complexity index is 491. The fraction of sp³-hybridized carbons (Fsp3) is 0.562. The minimum atomic E-state index is -4.32. The molecule has 1 aliphatic rings. The molecule has 1 saturated carbocycles. The van der Waals surface area contributed by atoms with E-state index in [-0.39, 0.29) is 17.9 Å². The van der Waals surface area contributed by atoms with Crippen molar-refractivity contribution >= 4 is 5.91 Å². The van der Waals surface area contributed by atoms with E-state index in [2.05, 4.69) is 0 Å². The predicted molar refractivity (Wildman–Crippen MR) is 74.5 cm³/mol. The molecule has 0 aliphatic heterocycles. The van der Waals surface area contributed by atoms with Gasteiger partial charge in [0.05, 0.1) is 5.56 Å². The Hall–Kier alpha value is -1.52. The van der Waals surface area contributed by atoms with Gasteiger partial charge in [0.1, 0.15) is 0 Å². The Kier molecular flexibility index (Phi) is 4.59. The maximum atomic E-state index is 12.5. The summed E-state index contributed by atoms with van der Waals surface area (Å²) in [4.78, 5) is 14.1. The zero-order valence-corrected chi connectivity index (χ0v) is 12.3. The summed E-state index contributed by atoms with van der Waals surface area (Å²) in [5, 5.41) is 0. The fourth-order valence-corrected chi connectivity index (χ4v) is 2.23. The van der Waals surface area contributed by atoms with Crippen LogP contribution in [0, 0.1) is 5.92 Å². The number of carbonyl (C=O) groups is 1. The Balaban J connectivity index is 2.09. The van der Waals surface area contributed by atoms with Gasteiger partial charge in [0.2, 0.25) is 5.91 Å². The van der Waals surface area contributed by atoms with E-state index >= 15 is 0 Å². The van der Waals surface area contributed by atoms with Gasteiger partial charge in [-0.05, 0) is 37.0 Å². The van der Waals surface area contributed by atoms with Gasteiger partial charge in [-0.2, -0.15) is 13.2 Å². The van der Waals surface area contributed by atoms with E-state index in [0.717, 1.165) is 37.0 Å². The first-order valence-electron chi connectivity index (χ1n) is 7.29. The summed E-state index contributed by atoms with van der Waals surface area (Å²) in [6, 6.07) is 5.33. The average Bonchev–Trinajstić information content (AvgIpc) is 3.27. The van der Waals surface area contributed by atoms with Crippen molar-refractivity contribution in [3.05, 3.63) is 35.4 Å². The molecule has 0 spiro atoms. The molecule has 1 aliphatic carbocycles. The molecular weight excluding hydrogens is 279 g/mol. The van der Waals surface area contributed by atoms with Crippen molar-refractivity contribution in [2.75, 3.05) is 0 Å². The molecule has 1 amide bonds. The molecule has 2 rings (SSSR count). The maximum absolute atomic E-state index is 12.5. The summed E-state index contributed by atoms with van der Waals surface area (Å²) in [6.07, 6.45) is -1.57. The van der Waals surface area contributed by atoms with E-state index < -0.39 is 11.7 Å². The van der Waals surface area contributed by atoms with E-state index in [0.29, 0.717) is 6.54 Å². The lowest BCUT2D eigenvalue weighted by Crippen LogP contribution is -2.36. The van der Waals surface area contributed by atoms with Crippen molar-refractivity contribution in [3.8, 4) is 0 Å². The first kappa shape index (κ1) is 15.9. The van der Waals surface area contributed by atoms with E-state index in [4.69, 9.17) is 0 Å². The van der Waals surface area contributed by atoms with Gasteiger partial charge in [0.15, 0.2) is 0 Å². The van der Waals surface area contributed by atoms with Crippen LogP contribution in [0.4, 0.5) is 13.2 Å². The molecule has 0 heterocycles. The number of halogens is 3. The summed E-state index contributed by atoms with van der Waals surface area (Å²) in [5.41, 5.74) is 0.0871. The summed E-state index contributed by atoms with van der Waals surface area (Å²) in [5.74, 6) is 0.0555. The van der Waals surface area contributed by atoms with Crippen molar-refractivity contribution in [1.82, 2.24) is 4.90 Å². The van der Waals surface area contributed by atoms with E-state index in [1.807, 2.05) is 18.7 Å². The average molecular weight is 299 g/mol. The van der Waals surface area contributed by atoms with Crippen molar-refractivity contribution in [2.45, 2.75) is 51.9 Å². The van der Waals surface area contributed by atoms with Crippen LogP contribution < -0.4 is 0 Å². The smallest absolute Gasteiger partial charge is 0.335 e. The molecular formula is C16H20F3NO.